The highest BCUT2D eigenvalue weighted by molar-refractivity contribution is 14.1. The zero-order chi connectivity index (χ0) is 9.02. The monoisotopic (exact) mass is 266 g/mol. The number of allylic oxidation sites excluding steroid dienone is 1. The molecule has 0 radical (unpaired) electrons. The Morgan fingerprint density at radius 1 is 1.55 bits per heavy atom. The van der Waals surface area contributed by atoms with Crippen molar-refractivity contribution in [3.8, 4) is 0 Å². The van der Waals surface area contributed by atoms with Crippen LogP contribution in [0.5, 0.6) is 0 Å². The lowest BCUT2D eigenvalue weighted by molar-refractivity contribution is -0.114. The van der Waals surface area contributed by atoms with E-state index in [2.05, 4.69) is 43.0 Å². The van der Waals surface area contributed by atoms with Crippen molar-refractivity contribution in [1.82, 2.24) is 0 Å². The number of rotatable bonds is 4. The predicted molar refractivity (Wildman–Crippen MR) is 57.1 cm³/mol. The fourth-order valence-corrected chi connectivity index (χ4v) is 2.34. The number of alkyl halides is 1. The van der Waals surface area contributed by atoms with Gasteiger partial charge in [-0.3, -0.25) is 4.79 Å². The molecule has 0 saturated carbocycles. The molecular weight excluding hydrogens is 251 g/mol. The van der Waals surface area contributed by atoms with Crippen LogP contribution in [0, 0.1) is 5.92 Å². The molecule has 11 heavy (non-hydrogen) atoms. The molecule has 64 valence electrons. The van der Waals surface area contributed by atoms with E-state index in [1.165, 1.54) is 0 Å². The first-order chi connectivity index (χ1) is 4.95. The number of Topliss-reactive ketones (excluding diaryl/α,β-unsaturated/α-hetero) is 1. The van der Waals surface area contributed by atoms with Crippen LogP contribution in [-0.4, -0.2) is 9.71 Å². The van der Waals surface area contributed by atoms with Crippen LogP contribution in [0.1, 0.15) is 27.2 Å². The number of halogens is 1. The molecule has 0 aliphatic rings. The Kier molecular flexibility index (Phi) is 4.97. The van der Waals surface area contributed by atoms with Gasteiger partial charge in [0.25, 0.3) is 0 Å². The minimum atomic E-state index is 0.116. The van der Waals surface area contributed by atoms with Gasteiger partial charge < -0.3 is 0 Å². The van der Waals surface area contributed by atoms with E-state index in [4.69, 9.17) is 0 Å². The topological polar surface area (TPSA) is 17.1 Å². The maximum Gasteiger partial charge on any atom is 0.170 e. The van der Waals surface area contributed by atoms with Gasteiger partial charge in [-0.1, -0.05) is 43.0 Å². The zero-order valence-corrected chi connectivity index (χ0v) is 9.51. The third-order valence-corrected chi connectivity index (χ3v) is 2.46. The van der Waals surface area contributed by atoms with Crippen LogP contribution in [0.4, 0.5) is 0 Å². The smallest absolute Gasteiger partial charge is 0.170 e. The molecule has 0 aromatic heterocycles. The Morgan fingerprint density at radius 3 is 2.27 bits per heavy atom. The Bertz CT molecular complexity index is 161. The van der Waals surface area contributed by atoms with E-state index in [1.54, 1.807) is 6.92 Å². The predicted octanol–water partition coefficient (Wildman–Crippen LogP) is 2.98. The molecule has 0 spiro atoms. The number of hydrogen-bond acceptors (Lipinski definition) is 1. The van der Waals surface area contributed by atoms with Gasteiger partial charge in [0.05, 0.1) is 3.92 Å². The Balaban J connectivity index is 3.93. The van der Waals surface area contributed by atoms with E-state index in [-0.39, 0.29) is 9.71 Å². The molecule has 0 fully saturated rings. The molecule has 0 bridgehead atoms. The average molecular weight is 266 g/mol. The first-order valence-electron chi connectivity index (χ1n) is 3.79. The van der Waals surface area contributed by atoms with Gasteiger partial charge >= 0.3 is 0 Å². The normalized spacial score (nSPS) is 13.2. The van der Waals surface area contributed by atoms with Crippen molar-refractivity contribution in [3.05, 3.63) is 12.2 Å². The fraction of sp³-hybridized carbons (Fsp3) is 0.667. The van der Waals surface area contributed by atoms with Crippen molar-refractivity contribution in [2.75, 3.05) is 0 Å². The number of hydrogen-bond donors (Lipinski definition) is 0. The minimum Gasteiger partial charge on any atom is -0.293 e. The van der Waals surface area contributed by atoms with Crippen molar-refractivity contribution in [2.45, 2.75) is 31.1 Å². The lowest BCUT2D eigenvalue weighted by Crippen LogP contribution is -2.16. The van der Waals surface area contributed by atoms with E-state index >= 15 is 0 Å². The third kappa shape index (κ3) is 4.56. The molecule has 0 amide bonds. The molecule has 0 aromatic carbocycles. The summed E-state index contributed by atoms with van der Waals surface area (Å²) in [7, 11) is 0. The number of ketones is 1. The highest BCUT2D eigenvalue weighted by atomic mass is 127. The molecule has 0 saturated heterocycles. The Labute approximate surface area is 82.4 Å². The van der Waals surface area contributed by atoms with E-state index < -0.39 is 0 Å². The summed E-state index contributed by atoms with van der Waals surface area (Å²) in [5.74, 6) is 0.777. The summed E-state index contributed by atoms with van der Waals surface area (Å²) in [6.07, 6.45) is 0.951. The standard InChI is InChI=1S/C9H15IO/c1-6(2)5-8(10)9(11)7(3)4/h6,8H,3,5H2,1-2,4H3/t8-/m0/s1. The molecule has 2 heteroatoms. The summed E-state index contributed by atoms with van der Waals surface area (Å²) >= 11 is 2.19. The minimum absolute atomic E-state index is 0.116. The van der Waals surface area contributed by atoms with Gasteiger partial charge in [0.2, 0.25) is 0 Å². The summed E-state index contributed by atoms with van der Waals surface area (Å²) in [5.41, 5.74) is 0.671. The van der Waals surface area contributed by atoms with Crippen LogP contribution in [0.2, 0.25) is 0 Å². The molecule has 1 nitrogen and oxygen atoms in total. The summed E-state index contributed by atoms with van der Waals surface area (Å²) in [6, 6.07) is 0. The van der Waals surface area contributed by atoms with Crippen molar-refractivity contribution in [1.29, 1.82) is 0 Å². The van der Waals surface area contributed by atoms with Crippen LogP contribution >= 0.6 is 22.6 Å². The second-order valence-corrected chi connectivity index (χ2v) is 4.75. The quantitative estimate of drug-likeness (QED) is 0.434. The summed E-state index contributed by atoms with van der Waals surface area (Å²) in [5, 5.41) is 0. The molecule has 0 N–H and O–H groups in total. The second-order valence-electron chi connectivity index (χ2n) is 3.24. The number of carbonyl (C=O) groups is 1. The molecule has 0 unspecified atom stereocenters. The fourth-order valence-electron chi connectivity index (χ4n) is 0.788. The van der Waals surface area contributed by atoms with Crippen molar-refractivity contribution >= 4 is 28.4 Å². The van der Waals surface area contributed by atoms with Crippen LogP contribution in [0.3, 0.4) is 0 Å². The largest absolute Gasteiger partial charge is 0.293 e. The van der Waals surface area contributed by atoms with Gasteiger partial charge in [0.15, 0.2) is 5.78 Å². The van der Waals surface area contributed by atoms with Crippen LogP contribution in [-0.2, 0) is 4.79 Å². The molecule has 0 aromatic rings. The van der Waals surface area contributed by atoms with Gasteiger partial charge in [-0.2, -0.15) is 0 Å². The van der Waals surface area contributed by atoms with Gasteiger partial charge in [0, 0.05) is 0 Å². The maximum atomic E-state index is 11.3. The van der Waals surface area contributed by atoms with Crippen molar-refractivity contribution < 1.29 is 4.79 Å². The Hall–Kier alpha value is 0.140. The van der Waals surface area contributed by atoms with E-state index in [9.17, 15) is 4.79 Å². The maximum absolute atomic E-state index is 11.3. The zero-order valence-electron chi connectivity index (χ0n) is 7.36. The van der Waals surface area contributed by atoms with Gasteiger partial charge in [-0.05, 0) is 24.8 Å². The van der Waals surface area contributed by atoms with Gasteiger partial charge in [-0.15, -0.1) is 0 Å². The average Bonchev–Trinajstić information content (AvgIpc) is 1.84. The first kappa shape index (κ1) is 11.1. The van der Waals surface area contributed by atoms with Crippen molar-refractivity contribution in [3.63, 3.8) is 0 Å². The van der Waals surface area contributed by atoms with E-state index in [0.717, 1.165) is 6.42 Å². The lowest BCUT2D eigenvalue weighted by Gasteiger charge is -2.10. The molecule has 0 aliphatic heterocycles. The summed E-state index contributed by atoms with van der Waals surface area (Å²) in [4.78, 5) is 11.3. The highest BCUT2D eigenvalue weighted by Gasteiger charge is 2.15. The molecule has 0 aliphatic carbocycles. The molecule has 0 rings (SSSR count). The highest BCUT2D eigenvalue weighted by Crippen LogP contribution is 2.16. The van der Waals surface area contributed by atoms with Crippen LogP contribution < -0.4 is 0 Å². The first-order valence-corrected chi connectivity index (χ1v) is 5.03. The lowest BCUT2D eigenvalue weighted by atomic mass is 10.0. The Morgan fingerprint density at radius 2 is 2.00 bits per heavy atom. The van der Waals surface area contributed by atoms with Crippen LogP contribution in [0.25, 0.3) is 0 Å². The number of carbonyl (C=O) groups excluding carboxylic acids is 1. The summed E-state index contributed by atoms with van der Waals surface area (Å²) < 4.78 is 0.116. The molecule has 1 atom stereocenters. The molecular formula is C9H15IO. The second kappa shape index (κ2) is 4.91. The van der Waals surface area contributed by atoms with Crippen LogP contribution in [0.15, 0.2) is 12.2 Å². The van der Waals surface area contributed by atoms with E-state index in [1.807, 2.05) is 0 Å². The van der Waals surface area contributed by atoms with E-state index in [0.29, 0.717) is 11.5 Å². The SMILES string of the molecule is C=C(C)C(=O)[C@@H](I)CC(C)C. The summed E-state index contributed by atoms with van der Waals surface area (Å²) in [6.45, 7) is 9.65. The van der Waals surface area contributed by atoms with Gasteiger partial charge in [0.1, 0.15) is 0 Å². The van der Waals surface area contributed by atoms with Gasteiger partial charge in [-0.25, -0.2) is 0 Å². The molecule has 0 heterocycles. The third-order valence-electron chi connectivity index (χ3n) is 1.38. The van der Waals surface area contributed by atoms with Crippen molar-refractivity contribution in [2.24, 2.45) is 5.92 Å².